The molecule has 0 amide bonds. The third kappa shape index (κ3) is 46.0. The minimum absolute atomic E-state index is 0. The van der Waals surface area contributed by atoms with Crippen molar-refractivity contribution in [1.82, 2.24) is 0 Å². The van der Waals surface area contributed by atoms with Gasteiger partial charge in [-0.1, -0.05) is 0 Å². The van der Waals surface area contributed by atoms with Gasteiger partial charge in [0.05, 0.1) is 0 Å². The van der Waals surface area contributed by atoms with Crippen molar-refractivity contribution in [3.8, 4) is 0 Å². The van der Waals surface area contributed by atoms with Crippen molar-refractivity contribution in [2.45, 2.75) is 6.42 Å². The molecule has 0 nitrogen and oxygen atoms in total. The molecule has 0 bridgehead atoms. The van der Waals surface area contributed by atoms with Crippen LogP contribution in [0.1, 0.15) is 6.42 Å². The van der Waals surface area contributed by atoms with Gasteiger partial charge in [0.1, 0.15) is 0 Å². The average molecular weight is 357 g/mol. The Balaban J connectivity index is 0. The monoisotopic (exact) mass is 356 g/mol. The first kappa shape index (κ1) is 15.9. The molecule has 80 valence electrons. The van der Waals surface area contributed by atoms with E-state index < -0.39 is 19.5 Å². The summed E-state index contributed by atoms with van der Waals surface area (Å²) in [5, 5.41) is 0. The van der Waals surface area contributed by atoms with Crippen LogP contribution in [0.25, 0.3) is 0 Å². The molecule has 0 aromatic heterocycles. The SMILES string of the molecule is [C-]1=CC=CC1.[F][Sb-]([F])([F])([F])([F])[F].[Fe+2]. The molecule has 0 N–H and O–H groups in total. The van der Waals surface area contributed by atoms with Crippen LogP contribution in [0.2, 0.25) is 0 Å². The summed E-state index contributed by atoms with van der Waals surface area (Å²) >= 11 is -11.2. The molecular weight excluding hydrogens is 352 g/mol. The number of hydrogen-bond donors (Lipinski definition) is 0. The summed E-state index contributed by atoms with van der Waals surface area (Å²) in [6, 6.07) is 0. The molecule has 0 fully saturated rings. The van der Waals surface area contributed by atoms with Gasteiger partial charge in [0.2, 0.25) is 0 Å². The van der Waals surface area contributed by atoms with Crippen molar-refractivity contribution >= 4 is 19.5 Å². The maximum atomic E-state index is 9.93. The van der Waals surface area contributed by atoms with E-state index in [0.29, 0.717) is 0 Å². The van der Waals surface area contributed by atoms with Crippen molar-refractivity contribution in [2.24, 2.45) is 0 Å². The summed E-state index contributed by atoms with van der Waals surface area (Å²) in [7, 11) is 0. The standard InChI is InChI=1S/C5H5.6FH.Fe.Sb/c1-2-4-5-3-1;;;;;;;;/h1-3H,4H2;6*1H;;/q-1;;;;;;;+2;+5/p-6. The minimum atomic E-state index is -11.2. The molecule has 0 aromatic rings. The second-order valence-electron chi connectivity index (χ2n) is 1.96. The Bertz CT molecular complexity index is 189. The van der Waals surface area contributed by atoms with Crippen molar-refractivity contribution in [1.29, 1.82) is 0 Å². The van der Waals surface area contributed by atoms with Crippen LogP contribution in [-0.4, -0.2) is 19.5 Å². The molecule has 0 saturated heterocycles. The smallest absolute Gasteiger partial charge is 2.00 e. The third-order valence-electron chi connectivity index (χ3n) is 0.586. The zero-order valence-corrected chi connectivity index (χ0v) is 9.66. The molecule has 0 saturated carbocycles. The largest absolute Gasteiger partial charge is 2.00 e. The summed E-state index contributed by atoms with van der Waals surface area (Å²) in [5.41, 5.74) is 0. The fraction of sp³-hybridized carbons (Fsp3) is 0.200. The van der Waals surface area contributed by atoms with E-state index in [1.54, 1.807) is 0 Å². The molecule has 1 aliphatic carbocycles. The number of rotatable bonds is 0. The van der Waals surface area contributed by atoms with E-state index in [9.17, 15) is 16.9 Å². The van der Waals surface area contributed by atoms with Gasteiger partial charge in [-0.2, -0.15) is 6.08 Å². The van der Waals surface area contributed by atoms with Gasteiger partial charge in [-0.05, 0) is 0 Å². The van der Waals surface area contributed by atoms with Gasteiger partial charge in [-0.25, -0.2) is 12.2 Å². The summed E-state index contributed by atoms with van der Waals surface area (Å²) in [5.74, 6) is 0. The van der Waals surface area contributed by atoms with Crippen molar-refractivity contribution < 1.29 is 33.9 Å². The van der Waals surface area contributed by atoms with E-state index in [1.165, 1.54) is 0 Å². The summed E-state index contributed by atoms with van der Waals surface area (Å²) in [6.45, 7) is 0. The predicted octanol–water partition coefficient (Wildman–Crippen LogP) is 3.44. The molecule has 1 rings (SSSR count). The fourth-order valence-corrected chi connectivity index (χ4v) is 0.340. The van der Waals surface area contributed by atoms with Crippen LogP contribution in [0.5, 0.6) is 0 Å². The molecule has 0 aliphatic heterocycles. The van der Waals surface area contributed by atoms with E-state index in [1.807, 2.05) is 12.2 Å². The van der Waals surface area contributed by atoms with Crippen LogP contribution in [0.15, 0.2) is 18.2 Å². The Morgan fingerprint density at radius 1 is 1.00 bits per heavy atom. The van der Waals surface area contributed by atoms with Gasteiger partial charge in [0.25, 0.3) is 0 Å². The van der Waals surface area contributed by atoms with E-state index in [4.69, 9.17) is 0 Å². The summed E-state index contributed by atoms with van der Waals surface area (Å²) in [4.78, 5) is 0. The van der Waals surface area contributed by atoms with Crippen molar-refractivity contribution in [3.63, 3.8) is 0 Å². The zero-order chi connectivity index (χ0) is 9.94. The molecule has 13 heavy (non-hydrogen) atoms. The predicted molar refractivity (Wildman–Crippen MR) is 34.0 cm³/mol. The first-order valence-corrected chi connectivity index (χ1v) is 8.52. The van der Waals surface area contributed by atoms with Crippen LogP contribution in [-0.2, 0) is 17.1 Å². The van der Waals surface area contributed by atoms with Gasteiger partial charge in [-0.3, -0.25) is 6.08 Å². The van der Waals surface area contributed by atoms with Gasteiger partial charge in [-0.15, -0.1) is 6.42 Å². The van der Waals surface area contributed by atoms with Crippen LogP contribution < -0.4 is 0 Å². The molecule has 0 heterocycles. The second kappa shape index (κ2) is 3.87. The first-order chi connectivity index (χ1) is 4.95. The molecular formula is C5H5F6FeSb. The van der Waals surface area contributed by atoms with E-state index >= 15 is 0 Å². The van der Waals surface area contributed by atoms with Gasteiger partial charge in [0, 0.05) is 0 Å². The summed E-state index contributed by atoms with van der Waals surface area (Å²) in [6.07, 6.45) is 10.0. The quantitative estimate of drug-likeness (QED) is 0.354. The summed E-state index contributed by atoms with van der Waals surface area (Å²) < 4.78 is 59.6. The normalized spacial score (nSPS) is 19.2. The molecule has 1 aliphatic rings. The van der Waals surface area contributed by atoms with Crippen molar-refractivity contribution in [2.75, 3.05) is 0 Å². The second-order valence-corrected chi connectivity index (χ2v) is 7.43. The number of allylic oxidation sites excluding steroid dienone is 4. The molecule has 8 heteroatoms. The van der Waals surface area contributed by atoms with E-state index in [0.717, 1.165) is 6.42 Å². The Morgan fingerprint density at radius 3 is 1.46 bits per heavy atom. The van der Waals surface area contributed by atoms with Crippen LogP contribution >= 0.6 is 0 Å². The average Bonchev–Trinajstić information content (AvgIpc) is 2.00. The Morgan fingerprint density at radius 2 is 1.38 bits per heavy atom. The molecule has 0 unspecified atom stereocenters. The Kier molecular flexibility index (Phi) is 4.72. The Hall–Kier alpha value is 0.398. The van der Waals surface area contributed by atoms with E-state index in [2.05, 4.69) is 12.2 Å². The zero-order valence-electron chi connectivity index (χ0n) is 6.01. The Labute approximate surface area is 84.1 Å². The number of hydrogen-bond acceptors (Lipinski definition) is 0. The molecule has 0 spiro atoms. The molecule has 0 aromatic carbocycles. The molecule has 0 atom stereocenters. The van der Waals surface area contributed by atoms with Crippen LogP contribution in [0.3, 0.4) is 0 Å². The van der Waals surface area contributed by atoms with Crippen LogP contribution in [0, 0.1) is 6.08 Å². The first-order valence-electron chi connectivity index (χ1n) is 2.73. The van der Waals surface area contributed by atoms with Crippen molar-refractivity contribution in [3.05, 3.63) is 24.3 Å². The fourth-order valence-electron chi connectivity index (χ4n) is 0.340. The topological polar surface area (TPSA) is 0 Å². The number of halogens is 6. The van der Waals surface area contributed by atoms with Crippen LogP contribution in [0.4, 0.5) is 16.9 Å². The molecule has 0 radical (unpaired) electrons. The van der Waals surface area contributed by atoms with Gasteiger partial charge >= 0.3 is 53.4 Å². The van der Waals surface area contributed by atoms with E-state index in [-0.39, 0.29) is 17.1 Å². The maximum absolute atomic E-state index is 11.2. The van der Waals surface area contributed by atoms with Gasteiger partial charge in [0.15, 0.2) is 0 Å². The maximum Gasteiger partial charge on any atom is 2.00 e. The minimum Gasteiger partial charge on any atom is 2.00 e. The van der Waals surface area contributed by atoms with Gasteiger partial charge < -0.3 is 0 Å². The third-order valence-corrected chi connectivity index (χ3v) is 0.586.